The maximum Gasteiger partial charge on any atom is 0.146 e. The van der Waals surface area contributed by atoms with E-state index in [2.05, 4.69) is 9.97 Å². The number of hydrogen-bond donors (Lipinski definition) is 1. The predicted octanol–water partition coefficient (Wildman–Crippen LogP) is -0.0469. The number of aromatic nitrogens is 2. The second-order valence-electron chi connectivity index (χ2n) is 3.19. The van der Waals surface area contributed by atoms with Crippen molar-refractivity contribution in [1.29, 1.82) is 0 Å². The summed E-state index contributed by atoms with van der Waals surface area (Å²) >= 11 is 5.61. The van der Waals surface area contributed by atoms with Gasteiger partial charge in [-0.1, -0.05) is 11.6 Å². The van der Waals surface area contributed by atoms with Crippen molar-refractivity contribution in [3.63, 3.8) is 0 Å². The van der Waals surface area contributed by atoms with Gasteiger partial charge in [0.25, 0.3) is 0 Å². The minimum absolute atomic E-state index is 0.00256. The fourth-order valence-electron chi connectivity index (χ4n) is 1.14. The van der Waals surface area contributed by atoms with Crippen LogP contribution in [0.25, 0.3) is 0 Å². The molecule has 0 unspecified atom stereocenters. The minimum atomic E-state index is -1.42. The highest BCUT2D eigenvalue weighted by Gasteiger charge is 2.28. The van der Waals surface area contributed by atoms with Crippen molar-refractivity contribution >= 4 is 23.4 Å². The Hall–Kier alpha value is -1.36. The first kappa shape index (κ1) is 9.21. The molecular formula is C8H7ClN3O2-. The molecule has 0 bridgehead atoms. The van der Waals surface area contributed by atoms with Crippen LogP contribution >= 0.6 is 11.6 Å². The van der Waals surface area contributed by atoms with E-state index in [9.17, 15) is 9.90 Å². The molecule has 1 saturated carbocycles. The lowest BCUT2D eigenvalue weighted by Gasteiger charge is -2.08. The molecule has 0 atom stereocenters. The van der Waals surface area contributed by atoms with E-state index in [1.165, 1.54) is 0 Å². The molecule has 14 heavy (non-hydrogen) atoms. The summed E-state index contributed by atoms with van der Waals surface area (Å²) in [4.78, 5) is 18.4. The van der Waals surface area contributed by atoms with Gasteiger partial charge in [-0.3, -0.25) is 0 Å². The Labute approximate surface area is 84.9 Å². The molecule has 0 aliphatic heterocycles. The third-order valence-corrected chi connectivity index (χ3v) is 2.40. The Morgan fingerprint density at radius 2 is 2.14 bits per heavy atom. The largest absolute Gasteiger partial charge is 0.543 e. The van der Waals surface area contributed by atoms with Gasteiger partial charge in [0, 0.05) is 5.92 Å². The van der Waals surface area contributed by atoms with Crippen LogP contribution in [0.1, 0.15) is 35.1 Å². The molecule has 1 fully saturated rings. The van der Waals surface area contributed by atoms with E-state index in [0.29, 0.717) is 5.82 Å². The average Bonchev–Trinajstić information content (AvgIpc) is 2.91. The highest BCUT2D eigenvalue weighted by Crippen LogP contribution is 2.39. The van der Waals surface area contributed by atoms with Crippen LogP contribution < -0.4 is 10.8 Å². The van der Waals surface area contributed by atoms with Gasteiger partial charge in [0.15, 0.2) is 0 Å². The van der Waals surface area contributed by atoms with Gasteiger partial charge >= 0.3 is 0 Å². The first-order valence-corrected chi connectivity index (χ1v) is 4.51. The lowest BCUT2D eigenvalue weighted by atomic mass is 10.3. The number of aromatic carboxylic acids is 1. The molecule has 5 nitrogen and oxygen atoms in total. The minimum Gasteiger partial charge on any atom is -0.543 e. The van der Waals surface area contributed by atoms with E-state index >= 15 is 0 Å². The normalized spacial score (nSPS) is 15.5. The molecule has 0 radical (unpaired) electrons. The van der Waals surface area contributed by atoms with Gasteiger partial charge in [0.2, 0.25) is 0 Å². The molecule has 1 aliphatic rings. The Morgan fingerprint density at radius 3 is 2.64 bits per heavy atom. The van der Waals surface area contributed by atoms with Gasteiger partial charge in [-0.15, -0.1) is 0 Å². The lowest BCUT2D eigenvalue weighted by Crippen LogP contribution is -2.25. The first-order chi connectivity index (χ1) is 6.59. The molecule has 6 heteroatoms. The molecule has 0 aromatic carbocycles. The predicted molar refractivity (Wildman–Crippen MR) is 47.8 cm³/mol. The van der Waals surface area contributed by atoms with Crippen molar-refractivity contribution < 1.29 is 9.90 Å². The number of halogens is 1. The molecule has 1 aromatic rings. The maximum absolute atomic E-state index is 10.6. The van der Waals surface area contributed by atoms with Crippen LogP contribution in [0, 0.1) is 0 Å². The number of carboxylic acids is 1. The van der Waals surface area contributed by atoms with Crippen molar-refractivity contribution in [2.45, 2.75) is 18.8 Å². The zero-order valence-electron chi connectivity index (χ0n) is 7.16. The van der Waals surface area contributed by atoms with Crippen molar-refractivity contribution in [2.75, 3.05) is 5.73 Å². The summed E-state index contributed by atoms with van der Waals surface area (Å²) in [5.41, 5.74) is 5.13. The summed E-state index contributed by atoms with van der Waals surface area (Å²) in [7, 11) is 0. The van der Waals surface area contributed by atoms with Crippen molar-refractivity contribution in [1.82, 2.24) is 9.97 Å². The second-order valence-corrected chi connectivity index (χ2v) is 3.57. The molecule has 1 aliphatic carbocycles. The van der Waals surface area contributed by atoms with E-state index in [1.807, 2.05) is 0 Å². The summed E-state index contributed by atoms with van der Waals surface area (Å²) in [5.74, 6) is -0.743. The molecule has 2 rings (SSSR count). The summed E-state index contributed by atoms with van der Waals surface area (Å²) < 4.78 is 0. The van der Waals surface area contributed by atoms with E-state index in [1.54, 1.807) is 0 Å². The van der Waals surface area contributed by atoms with Crippen LogP contribution in [-0.2, 0) is 0 Å². The van der Waals surface area contributed by atoms with Crippen LogP contribution in [0.5, 0.6) is 0 Å². The third kappa shape index (κ3) is 1.50. The summed E-state index contributed by atoms with van der Waals surface area (Å²) in [5, 5.41) is 10.5. The quantitative estimate of drug-likeness (QED) is 0.742. The lowest BCUT2D eigenvalue weighted by molar-refractivity contribution is -0.255. The molecule has 2 N–H and O–H groups in total. The van der Waals surface area contributed by atoms with Crippen LogP contribution in [0.4, 0.5) is 5.82 Å². The van der Waals surface area contributed by atoms with Gasteiger partial charge in [-0.25, -0.2) is 9.97 Å². The molecule has 0 amide bonds. The van der Waals surface area contributed by atoms with Crippen molar-refractivity contribution in [2.24, 2.45) is 0 Å². The van der Waals surface area contributed by atoms with E-state index in [0.717, 1.165) is 12.8 Å². The molecule has 1 aromatic heterocycles. The average molecular weight is 213 g/mol. The van der Waals surface area contributed by atoms with Gasteiger partial charge in [-0.05, 0) is 12.8 Å². The number of nitrogens with two attached hydrogens (primary N) is 1. The maximum atomic E-state index is 10.6. The van der Waals surface area contributed by atoms with Crippen molar-refractivity contribution in [3.05, 3.63) is 16.5 Å². The fourth-order valence-corrected chi connectivity index (χ4v) is 1.30. The Morgan fingerprint density at radius 1 is 1.50 bits per heavy atom. The molecule has 0 saturated heterocycles. The number of carbonyl (C=O) groups excluding carboxylic acids is 1. The zero-order chi connectivity index (χ0) is 10.3. The summed E-state index contributed by atoms with van der Waals surface area (Å²) in [6.07, 6.45) is 1.93. The first-order valence-electron chi connectivity index (χ1n) is 4.14. The van der Waals surface area contributed by atoms with Crippen LogP contribution in [0.2, 0.25) is 5.02 Å². The number of hydrogen-bond acceptors (Lipinski definition) is 5. The number of rotatable bonds is 2. The summed E-state index contributed by atoms with van der Waals surface area (Å²) in [6.45, 7) is 0. The number of nitrogen functional groups attached to an aromatic ring is 1. The highest BCUT2D eigenvalue weighted by atomic mass is 35.5. The smallest absolute Gasteiger partial charge is 0.146 e. The molecule has 0 spiro atoms. The number of anilines is 1. The molecule has 74 valence electrons. The van der Waals surface area contributed by atoms with E-state index in [-0.39, 0.29) is 22.5 Å². The number of carbonyl (C=O) groups is 1. The van der Waals surface area contributed by atoms with Gasteiger partial charge in [-0.2, -0.15) is 0 Å². The number of nitrogens with zero attached hydrogens (tertiary/aromatic N) is 2. The van der Waals surface area contributed by atoms with E-state index < -0.39 is 5.97 Å². The highest BCUT2D eigenvalue weighted by molar-refractivity contribution is 6.35. The Kier molecular flexibility index (Phi) is 2.03. The summed E-state index contributed by atoms with van der Waals surface area (Å²) in [6, 6.07) is 0. The fraction of sp³-hybridized carbons (Fsp3) is 0.375. The van der Waals surface area contributed by atoms with Crippen LogP contribution in [0.3, 0.4) is 0 Å². The molecular weight excluding hydrogens is 206 g/mol. The third-order valence-electron chi connectivity index (χ3n) is 2.03. The SMILES string of the molecule is Nc1nc(C2CC2)nc(C(=O)[O-])c1Cl. The molecule has 1 heterocycles. The Balaban J connectivity index is 2.51. The van der Waals surface area contributed by atoms with Gasteiger partial charge in [0.1, 0.15) is 22.4 Å². The van der Waals surface area contributed by atoms with Gasteiger partial charge < -0.3 is 15.6 Å². The monoisotopic (exact) mass is 212 g/mol. The van der Waals surface area contributed by atoms with Gasteiger partial charge in [0.05, 0.1) is 5.97 Å². The van der Waals surface area contributed by atoms with E-state index in [4.69, 9.17) is 17.3 Å². The van der Waals surface area contributed by atoms with Crippen molar-refractivity contribution in [3.8, 4) is 0 Å². The van der Waals surface area contributed by atoms with Crippen LogP contribution in [0.15, 0.2) is 0 Å². The zero-order valence-corrected chi connectivity index (χ0v) is 7.91. The standard InChI is InChI=1S/C8H8ClN3O2/c9-4-5(8(13)14)11-7(3-1-2-3)12-6(4)10/h3H,1-2H2,(H,13,14)(H2,10,11,12)/p-1. The Bertz CT molecular complexity index is 404. The van der Waals surface area contributed by atoms with Crippen LogP contribution in [-0.4, -0.2) is 15.9 Å². The number of carboxylic acid groups (broad SMARTS) is 1. The topological polar surface area (TPSA) is 91.9 Å². The second kappa shape index (κ2) is 3.09.